The monoisotopic (exact) mass is 700 g/mol. The van der Waals surface area contributed by atoms with Gasteiger partial charge < -0.3 is 0 Å². The standard InChI is InChI=1S/C39H58P2Si4/c1-42(2,3)38(43(4,5)6)40(34-25-17-13-18-26-34,35-27-19-14-20-28-35)33-41(36-29-21-15-22-30-36,37-31-23-16-24-32-37)39(44(7,8)9)45(10,11)12/h13-33,38H,1-12H3. The summed E-state index contributed by atoms with van der Waals surface area (Å²) in [7, 11) is -7.11. The summed E-state index contributed by atoms with van der Waals surface area (Å²) < 4.78 is 1.96. The molecule has 0 fully saturated rings. The molecule has 0 saturated heterocycles. The van der Waals surface area contributed by atoms with Gasteiger partial charge in [-0.05, 0) is 38.5 Å². The molecule has 0 nitrogen and oxygen atoms in total. The topological polar surface area (TPSA) is 0 Å². The lowest BCUT2D eigenvalue weighted by atomic mass is 10.4. The van der Waals surface area contributed by atoms with Gasteiger partial charge in [0.05, 0.1) is 16.1 Å². The van der Waals surface area contributed by atoms with Crippen LogP contribution in [-0.4, -0.2) is 47.3 Å². The van der Waals surface area contributed by atoms with Gasteiger partial charge in [-0.3, -0.25) is 0 Å². The van der Waals surface area contributed by atoms with Crippen molar-refractivity contribution in [3.8, 4) is 0 Å². The van der Waals surface area contributed by atoms with E-state index in [-0.39, 0.29) is 0 Å². The van der Waals surface area contributed by atoms with Crippen molar-refractivity contribution < 1.29 is 0 Å². The van der Waals surface area contributed by atoms with Crippen LogP contribution in [0.1, 0.15) is 0 Å². The predicted octanol–water partition coefficient (Wildman–Crippen LogP) is 10.1. The van der Waals surface area contributed by atoms with Crippen molar-refractivity contribution in [1.29, 1.82) is 0 Å². The quantitative estimate of drug-likeness (QED) is 0.114. The molecule has 0 N–H and O–H groups in total. The Labute approximate surface area is 280 Å². The average molecular weight is 701 g/mol. The van der Waals surface area contributed by atoms with Crippen molar-refractivity contribution in [2.24, 2.45) is 0 Å². The smallest absolute Gasteiger partial charge is 0.0694 e. The second kappa shape index (κ2) is 13.5. The summed E-state index contributed by atoms with van der Waals surface area (Å²) in [5.74, 6) is 0. The maximum atomic E-state index is 3.18. The SMILES string of the molecule is C[Si](C)(C)C([Si](C)(C)C)=P(C=P(c1ccccc1)(c1ccccc1)C([Si](C)(C)C)[Si](C)(C)C)(c1ccccc1)c1ccccc1. The van der Waals surface area contributed by atoms with Gasteiger partial charge in [0.1, 0.15) is 0 Å². The van der Waals surface area contributed by atoms with Crippen LogP contribution in [-0.2, 0) is 0 Å². The molecule has 0 unspecified atom stereocenters. The predicted molar refractivity (Wildman–Crippen MR) is 226 cm³/mol. The van der Waals surface area contributed by atoms with Crippen LogP contribution in [0, 0.1) is 0 Å². The summed E-state index contributed by atoms with van der Waals surface area (Å²) in [5, 5.41) is 6.26. The summed E-state index contributed by atoms with van der Waals surface area (Å²) >= 11 is 0. The van der Waals surface area contributed by atoms with Crippen LogP contribution in [0.5, 0.6) is 0 Å². The first-order chi connectivity index (χ1) is 20.9. The lowest BCUT2D eigenvalue weighted by Crippen LogP contribution is -2.57. The van der Waals surface area contributed by atoms with Crippen LogP contribution < -0.4 is 21.2 Å². The molecule has 240 valence electrons. The van der Waals surface area contributed by atoms with Crippen LogP contribution in [0.3, 0.4) is 0 Å². The molecule has 0 spiro atoms. The number of hydrogen-bond acceptors (Lipinski definition) is 0. The maximum absolute atomic E-state index is 3.18. The van der Waals surface area contributed by atoms with Crippen molar-refractivity contribution in [1.82, 2.24) is 0 Å². The Hall–Kier alpha value is -1.65. The molecule has 0 heterocycles. The minimum absolute atomic E-state index is 0.679. The van der Waals surface area contributed by atoms with Gasteiger partial charge in [0, 0.05) is 16.1 Å². The van der Waals surface area contributed by atoms with Crippen LogP contribution in [0.2, 0.25) is 78.6 Å². The second-order valence-corrected chi connectivity index (χ2v) is 47.4. The van der Waals surface area contributed by atoms with Crippen molar-refractivity contribution in [3.63, 3.8) is 0 Å². The highest BCUT2D eigenvalue weighted by Crippen LogP contribution is 2.63. The minimum Gasteiger partial charge on any atom is -0.0818 e. The summed E-state index contributed by atoms with van der Waals surface area (Å²) in [5.41, 5.74) is 3.18. The Morgan fingerprint density at radius 3 is 0.933 bits per heavy atom. The van der Waals surface area contributed by atoms with E-state index in [9.17, 15) is 0 Å². The van der Waals surface area contributed by atoms with E-state index in [1.807, 2.05) is 4.54 Å². The summed E-state index contributed by atoms with van der Waals surface area (Å²) in [6.07, 6.45) is 0. The van der Waals surface area contributed by atoms with Gasteiger partial charge in [-0.2, -0.15) is 0 Å². The molecule has 0 aliphatic heterocycles. The van der Waals surface area contributed by atoms with E-state index in [1.165, 1.54) is 0 Å². The minimum atomic E-state index is -2.19. The number of benzene rings is 4. The maximum Gasteiger partial charge on any atom is 0.0694 e. The Morgan fingerprint density at radius 1 is 0.422 bits per heavy atom. The van der Waals surface area contributed by atoms with Crippen LogP contribution in [0.25, 0.3) is 0 Å². The Balaban J connectivity index is 2.59. The molecule has 4 aromatic carbocycles. The van der Waals surface area contributed by atoms with Crippen molar-refractivity contribution in [2.45, 2.75) is 83.5 Å². The molecular formula is C39H58P2Si4. The molecule has 0 aromatic heterocycles. The first kappa shape index (κ1) is 36.2. The largest absolute Gasteiger partial charge is 0.0818 e. The summed E-state index contributed by atoms with van der Waals surface area (Å²) in [6.45, 7) is 27.6. The van der Waals surface area contributed by atoms with E-state index in [1.54, 1.807) is 21.2 Å². The van der Waals surface area contributed by atoms with Crippen LogP contribution in [0.15, 0.2) is 121 Å². The average Bonchev–Trinajstić information content (AvgIpc) is 2.95. The van der Waals surface area contributed by atoms with Gasteiger partial charge in [-0.25, -0.2) is 0 Å². The highest BCUT2D eigenvalue weighted by Gasteiger charge is 2.50. The first-order valence-electron chi connectivity index (χ1n) is 16.6. The van der Waals surface area contributed by atoms with E-state index in [0.29, 0.717) is 4.91 Å². The Kier molecular flexibility index (Phi) is 10.8. The van der Waals surface area contributed by atoms with Gasteiger partial charge >= 0.3 is 0 Å². The first-order valence-corrected chi connectivity index (χ1v) is 34.6. The van der Waals surface area contributed by atoms with Crippen LogP contribution in [0.4, 0.5) is 0 Å². The van der Waals surface area contributed by atoms with Gasteiger partial charge in [-0.15, -0.1) is 0 Å². The molecule has 0 bridgehead atoms. The van der Waals surface area contributed by atoms with E-state index in [4.69, 9.17) is 0 Å². The zero-order valence-electron chi connectivity index (χ0n) is 30.1. The molecule has 0 amide bonds. The summed E-state index contributed by atoms with van der Waals surface area (Å²) in [4.78, 5) is 0.679. The lowest BCUT2D eigenvalue weighted by Gasteiger charge is -2.51. The molecule has 6 heteroatoms. The molecular weight excluding hydrogens is 643 g/mol. The van der Waals surface area contributed by atoms with E-state index >= 15 is 0 Å². The third kappa shape index (κ3) is 7.43. The van der Waals surface area contributed by atoms with Gasteiger partial charge in [-0.1, -0.05) is 211 Å². The zero-order valence-corrected chi connectivity index (χ0v) is 35.9. The van der Waals surface area contributed by atoms with Gasteiger partial charge in [0.15, 0.2) is 0 Å². The fraction of sp³-hybridized carbons (Fsp3) is 0.333. The highest BCUT2D eigenvalue weighted by molar-refractivity contribution is 8.16. The van der Waals surface area contributed by atoms with Crippen molar-refractivity contribution in [3.05, 3.63) is 121 Å². The number of rotatable bonds is 10. The molecule has 0 saturated carbocycles. The molecule has 4 aromatic rings. The third-order valence-corrected chi connectivity index (χ3v) is 46.8. The van der Waals surface area contributed by atoms with Crippen LogP contribution >= 0.6 is 13.8 Å². The van der Waals surface area contributed by atoms with Gasteiger partial charge in [0.2, 0.25) is 0 Å². The van der Waals surface area contributed by atoms with E-state index < -0.39 is 46.1 Å². The van der Waals surface area contributed by atoms with E-state index in [0.717, 1.165) is 0 Å². The van der Waals surface area contributed by atoms with E-state index in [2.05, 4.69) is 205 Å². The fourth-order valence-corrected chi connectivity index (χ4v) is 61.7. The fourth-order valence-electron chi connectivity index (χ4n) is 8.90. The molecule has 0 aliphatic rings. The Morgan fingerprint density at radius 2 is 0.689 bits per heavy atom. The number of hydrogen-bond donors (Lipinski definition) is 0. The zero-order chi connectivity index (χ0) is 33.3. The van der Waals surface area contributed by atoms with Gasteiger partial charge in [0.25, 0.3) is 0 Å². The molecule has 0 radical (unpaired) electrons. The molecule has 4 rings (SSSR count). The summed E-state index contributed by atoms with van der Waals surface area (Å²) in [6, 6.07) is 47.5. The van der Waals surface area contributed by atoms with Crippen molar-refractivity contribution in [2.75, 3.05) is 0 Å². The third-order valence-electron chi connectivity index (χ3n) is 8.87. The molecule has 0 atom stereocenters. The normalized spacial score (nSPS) is 13.5. The second-order valence-electron chi connectivity index (χ2n) is 16.9. The van der Waals surface area contributed by atoms with Crippen molar-refractivity contribution >= 4 is 77.4 Å². The molecule has 0 aliphatic carbocycles. The highest BCUT2D eigenvalue weighted by atomic mass is 31.2. The molecule has 45 heavy (non-hydrogen) atoms. The lowest BCUT2D eigenvalue weighted by molar-refractivity contribution is 1.44. The Bertz CT molecular complexity index is 1550.